The van der Waals surface area contributed by atoms with E-state index in [1.165, 1.54) is 0 Å². The molecule has 0 amide bonds. The zero-order chi connectivity index (χ0) is 20.2. The van der Waals surface area contributed by atoms with E-state index in [1.807, 2.05) is 30.7 Å². The van der Waals surface area contributed by atoms with Crippen LogP contribution in [0.15, 0.2) is 43.1 Å². The lowest BCUT2D eigenvalue weighted by molar-refractivity contribution is 0.122. The minimum absolute atomic E-state index is 0.158. The van der Waals surface area contributed by atoms with Crippen molar-refractivity contribution in [3.05, 3.63) is 43.1 Å². The van der Waals surface area contributed by atoms with Crippen LogP contribution in [-0.2, 0) is 4.74 Å². The van der Waals surface area contributed by atoms with Crippen molar-refractivity contribution in [2.45, 2.75) is 37.8 Å². The van der Waals surface area contributed by atoms with Gasteiger partial charge in [-0.25, -0.2) is 9.97 Å². The molecule has 4 heterocycles. The van der Waals surface area contributed by atoms with Crippen molar-refractivity contribution in [3.8, 4) is 5.88 Å². The van der Waals surface area contributed by atoms with E-state index in [4.69, 9.17) is 14.5 Å². The number of fused-ring (bicyclic) bond motifs is 1. The van der Waals surface area contributed by atoms with Crippen molar-refractivity contribution in [1.82, 2.24) is 19.9 Å². The summed E-state index contributed by atoms with van der Waals surface area (Å²) in [6, 6.07) is 6.45. The van der Waals surface area contributed by atoms with Gasteiger partial charge in [0, 0.05) is 31.4 Å². The maximum Gasteiger partial charge on any atom is 0.225 e. The Morgan fingerprint density at radius 3 is 2.67 bits per heavy atom. The number of hydrogen-bond donors (Lipinski definition) is 1. The van der Waals surface area contributed by atoms with Gasteiger partial charge < -0.3 is 19.7 Å². The molecule has 30 heavy (non-hydrogen) atoms. The van der Waals surface area contributed by atoms with Gasteiger partial charge in [0.25, 0.3) is 0 Å². The lowest BCUT2D eigenvalue weighted by Gasteiger charge is -2.31. The number of rotatable bonds is 5. The molecule has 0 unspecified atom stereocenters. The van der Waals surface area contributed by atoms with Gasteiger partial charge >= 0.3 is 0 Å². The van der Waals surface area contributed by atoms with Crippen molar-refractivity contribution in [2.75, 3.05) is 36.5 Å². The summed E-state index contributed by atoms with van der Waals surface area (Å²) >= 11 is 0. The van der Waals surface area contributed by atoms with E-state index in [0.29, 0.717) is 11.9 Å². The molecule has 5 rings (SSSR count). The lowest BCUT2D eigenvalue weighted by Crippen LogP contribution is -2.37. The van der Waals surface area contributed by atoms with Crippen molar-refractivity contribution in [2.24, 2.45) is 0 Å². The smallest absolute Gasteiger partial charge is 0.225 e. The van der Waals surface area contributed by atoms with Crippen LogP contribution >= 0.6 is 0 Å². The number of morpholine rings is 1. The number of ether oxygens (including phenoxy) is 2. The topological polar surface area (TPSA) is 85.3 Å². The summed E-state index contributed by atoms with van der Waals surface area (Å²) in [5, 5.41) is 4.49. The van der Waals surface area contributed by atoms with E-state index in [2.05, 4.69) is 31.2 Å². The van der Waals surface area contributed by atoms with Crippen LogP contribution in [0.2, 0.25) is 0 Å². The summed E-state index contributed by atoms with van der Waals surface area (Å²) in [5.41, 5.74) is 1.89. The van der Waals surface area contributed by atoms with E-state index in [-0.39, 0.29) is 6.10 Å². The van der Waals surface area contributed by atoms with Crippen LogP contribution in [0, 0.1) is 0 Å². The van der Waals surface area contributed by atoms with Gasteiger partial charge in [0.1, 0.15) is 18.2 Å². The van der Waals surface area contributed by atoms with Crippen LogP contribution in [0.25, 0.3) is 10.9 Å². The molecule has 1 aliphatic heterocycles. The molecule has 2 fully saturated rings. The highest BCUT2D eigenvalue weighted by molar-refractivity contribution is 5.85. The molecule has 3 aromatic rings. The summed E-state index contributed by atoms with van der Waals surface area (Å²) in [6.45, 7) is 3.12. The molecular formula is C22H26N6O2. The Bertz CT molecular complexity index is 972. The third-order valence-electron chi connectivity index (χ3n) is 5.77. The molecule has 156 valence electrons. The average Bonchev–Trinajstić information content (AvgIpc) is 2.81. The molecular weight excluding hydrogens is 380 g/mol. The van der Waals surface area contributed by atoms with Crippen LogP contribution in [-0.4, -0.2) is 58.4 Å². The van der Waals surface area contributed by atoms with E-state index >= 15 is 0 Å². The Kier molecular flexibility index (Phi) is 5.56. The summed E-state index contributed by atoms with van der Waals surface area (Å²) in [6.07, 6.45) is 11.2. The number of nitrogens with zero attached hydrogens (tertiary/aromatic N) is 5. The molecule has 1 saturated heterocycles. The predicted molar refractivity (Wildman–Crippen MR) is 115 cm³/mol. The van der Waals surface area contributed by atoms with Crippen LogP contribution in [0.4, 0.5) is 11.5 Å². The molecule has 0 bridgehead atoms. The molecule has 0 radical (unpaired) electrons. The summed E-state index contributed by atoms with van der Waals surface area (Å²) in [5.74, 6) is 1.61. The van der Waals surface area contributed by atoms with Gasteiger partial charge in [-0.3, -0.25) is 4.98 Å². The van der Waals surface area contributed by atoms with Crippen molar-refractivity contribution >= 4 is 22.4 Å². The summed E-state index contributed by atoms with van der Waals surface area (Å²) in [7, 11) is 0. The highest BCUT2D eigenvalue weighted by Gasteiger charge is 2.24. The van der Waals surface area contributed by atoms with E-state index in [9.17, 15) is 0 Å². The van der Waals surface area contributed by atoms with Gasteiger partial charge in [-0.1, -0.05) is 0 Å². The zero-order valence-electron chi connectivity index (χ0n) is 16.9. The molecule has 2 aliphatic rings. The molecule has 8 heteroatoms. The number of aromatic nitrogens is 4. The van der Waals surface area contributed by atoms with Crippen molar-refractivity contribution in [1.29, 1.82) is 0 Å². The first-order valence-electron chi connectivity index (χ1n) is 10.6. The molecule has 0 atom stereocenters. The average molecular weight is 406 g/mol. The monoisotopic (exact) mass is 406 g/mol. The van der Waals surface area contributed by atoms with Crippen molar-refractivity contribution in [3.63, 3.8) is 0 Å². The third kappa shape index (κ3) is 4.28. The van der Waals surface area contributed by atoms with E-state index in [1.54, 1.807) is 6.33 Å². The first kappa shape index (κ1) is 19.0. The molecule has 0 spiro atoms. The van der Waals surface area contributed by atoms with Gasteiger partial charge in [-0.2, -0.15) is 4.98 Å². The number of anilines is 2. The van der Waals surface area contributed by atoms with Gasteiger partial charge in [0.15, 0.2) is 0 Å². The second kappa shape index (κ2) is 8.79. The fourth-order valence-electron chi connectivity index (χ4n) is 4.17. The minimum Gasteiger partial charge on any atom is -0.474 e. The summed E-state index contributed by atoms with van der Waals surface area (Å²) in [4.78, 5) is 19.8. The Labute approximate surface area is 175 Å². The quantitative estimate of drug-likeness (QED) is 0.692. The summed E-state index contributed by atoms with van der Waals surface area (Å²) < 4.78 is 11.9. The van der Waals surface area contributed by atoms with Crippen LogP contribution < -0.4 is 15.0 Å². The first-order valence-corrected chi connectivity index (χ1v) is 10.6. The largest absolute Gasteiger partial charge is 0.474 e. The van der Waals surface area contributed by atoms with Gasteiger partial charge in [0.05, 0.1) is 42.2 Å². The molecule has 3 aromatic heterocycles. The van der Waals surface area contributed by atoms with E-state index < -0.39 is 0 Å². The highest BCUT2D eigenvalue weighted by Crippen LogP contribution is 2.31. The fraction of sp³-hybridized carbons (Fsp3) is 0.455. The Hall–Kier alpha value is -3.00. The molecule has 1 N–H and O–H groups in total. The van der Waals surface area contributed by atoms with Crippen LogP contribution in [0.5, 0.6) is 5.88 Å². The van der Waals surface area contributed by atoms with Gasteiger partial charge in [-0.05, 0) is 37.8 Å². The van der Waals surface area contributed by atoms with E-state index in [0.717, 1.165) is 74.4 Å². The Balaban J connectivity index is 1.29. The Morgan fingerprint density at radius 1 is 1.07 bits per heavy atom. The third-order valence-corrected chi connectivity index (χ3v) is 5.77. The zero-order valence-corrected chi connectivity index (χ0v) is 16.9. The van der Waals surface area contributed by atoms with Crippen LogP contribution in [0.3, 0.4) is 0 Å². The number of hydrogen-bond acceptors (Lipinski definition) is 8. The van der Waals surface area contributed by atoms with Crippen molar-refractivity contribution < 1.29 is 9.47 Å². The first-order chi connectivity index (χ1) is 14.8. The maximum absolute atomic E-state index is 6.44. The second-order valence-corrected chi connectivity index (χ2v) is 7.82. The predicted octanol–water partition coefficient (Wildman–Crippen LogP) is 3.06. The normalized spacial score (nSPS) is 22.1. The SMILES string of the molecule is c1cnc2cc(N3CCOCC3)nc(OC3CCC(Nc4cncnc4)CC3)c2c1. The van der Waals surface area contributed by atoms with Crippen LogP contribution in [0.1, 0.15) is 25.7 Å². The number of nitrogens with one attached hydrogen (secondary N) is 1. The molecule has 1 aliphatic carbocycles. The number of pyridine rings is 2. The van der Waals surface area contributed by atoms with Gasteiger partial charge in [0.2, 0.25) is 5.88 Å². The Morgan fingerprint density at radius 2 is 1.87 bits per heavy atom. The van der Waals surface area contributed by atoms with Gasteiger partial charge in [-0.15, -0.1) is 0 Å². The highest BCUT2D eigenvalue weighted by atomic mass is 16.5. The maximum atomic E-state index is 6.44. The lowest BCUT2D eigenvalue weighted by atomic mass is 9.93. The fourth-order valence-corrected chi connectivity index (χ4v) is 4.17. The minimum atomic E-state index is 0.158. The molecule has 1 saturated carbocycles. The standard InChI is InChI=1S/C22H26N6O2/c1-2-19-20(25-7-1)12-21(28-8-10-29-11-9-28)27-22(19)30-18-5-3-16(4-6-18)26-17-13-23-15-24-14-17/h1-2,7,12-16,18,26H,3-6,8-11H2. The second-order valence-electron chi connectivity index (χ2n) is 7.82. The molecule has 8 nitrogen and oxygen atoms in total. The molecule has 0 aromatic carbocycles.